The lowest BCUT2D eigenvalue weighted by Crippen LogP contribution is -2.48. The summed E-state index contributed by atoms with van der Waals surface area (Å²) < 4.78 is 1.74. The van der Waals surface area contributed by atoms with E-state index in [1.807, 2.05) is 12.1 Å². The van der Waals surface area contributed by atoms with Crippen LogP contribution in [0.5, 0.6) is 0 Å². The van der Waals surface area contributed by atoms with E-state index in [0.717, 1.165) is 64.8 Å². The Morgan fingerprint density at radius 1 is 1.27 bits per heavy atom. The highest BCUT2D eigenvalue weighted by atomic mass is 35.5. The summed E-state index contributed by atoms with van der Waals surface area (Å²) in [5, 5.41) is 16.5. The molecule has 6 nitrogen and oxygen atoms in total. The molecule has 2 saturated carbocycles. The van der Waals surface area contributed by atoms with Gasteiger partial charge >= 0.3 is 0 Å². The van der Waals surface area contributed by atoms with Crippen LogP contribution in [0.15, 0.2) is 18.2 Å². The maximum absolute atomic E-state index is 10.1. The van der Waals surface area contributed by atoms with Crippen LogP contribution in [-0.4, -0.2) is 38.8 Å². The van der Waals surface area contributed by atoms with Gasteiger partial charge in [0.15, 0.2) is 5.82 Å². The third-order valence-electron chi connectivity index (χ3n) is 7.48. The number of aromatic nitrogens is 3. The van der Waals surface area contributed by atoms with Gasteiger partial charge in [0.05, 0.1) is 16.7 Å². The highest BCUT2D eigenvalue weighted by Gasteiger charge is 2.59. The van der Waals surface area contributed by atoms with Crippen molar-refractivity contribution in [3.05, 3.63) is 33.9 Å². The highest BCUT2D eigenvalue weighted by molar-refractivity contribution is 7.20. The van der Waals surface area contributed by atoms with Crippen LogP contribution in [0.25, 0.3) is 15.5 Å². The van der Waals surface area contributed by atoms with Crippen LogP contribution >= 0.6 is 34.5 Å². The molecule has 3 N–H and O–H groups in total. The van der Waals surface area contributed by atoms with Crippen LogP contribution in [-0.2, 0) is 6.61 Å². The Kier molecular flexibility index (Phi) is 4.38. The van der Waals surface area contributed by atoms with Crippen LogP contribution in [0.1, 0.15) is 31.4 Å². The smallest absolute Gasteiger partial charge is 0.214 e. The van der Waals surface area contributed by atoms with Crippen LogP contribution in [0, 0.1) is 17.3 Å². The van der Waals surface area contributed by atoms with Gasteiger partial charge in [-0.25, -0.2) is 4.52 Å². The first-order valence-electron chi connectivity index (χ1n) is 10.4. The van der Waals surface area contributed by atoms with E-state index in [2.05, 4.69) is 4.90 Å². The normalized spacial score (nSPS) is 27.2. The summed E-state index contributed by atoms with van der Waals surface area (Å²) in [5.41, 5.74) is 8.42. The number of benzene rings is 1. The Hall–Kier alpha value is -1.38. The standard InChI is InChI=1S/C21H23Cl2N5OS/c22-14-3-1-2-12(16(14)23)19-26-28-15(10-29)18(25-20(28)30-19)27-6-4-21(5-7-27)9-11-8-13(11)17(21)24/h1-3,11,13,17,29H,4-10,24H2/t11?,13?,17-/m1/s1. The summed E-state index contributed by atoms with van der Waals surface area (Å²) in [7, 11) is 0. The van der Waals surface area contributed by atoms with Crippen molar-refractivity contribution in [1.82, 2.24) is 14.6 Å². The van der Waals surface area contributed by atoms with Crippen molar-refractivity contribution in [3.63, 3.8) is 0 Å². The van der Waals surface area contributed by atoms with Gasteiger partial charge in [-0.3, -0.25) is 0 Å². The van der Waals surface area contributed by atoms with Gasteiger partial charge in [0.2, 0.25) is 4.96 Å². The van der Waals surface area contributed by atoms with Gasteiger partial charge in [0.25, 0.3) is 0 Å². The first kappa shape index (κ1) is 19.3. The zero-order valence-electron chi connectivity index (χ0n) is 16.4. The largest absolute Gasteiger partial charge is 0.390 e. The Labute approximate surface area is 188 Å². The number of halogens is 2. The van der Waals surface area contributed by atoms with Crippen molar-refractivity contribution < 1.29 is 5.11 Å². The molecule has 0 bridgehead atoms. The molecule has 6 rings (SSSR count). The zero-order valence-corrected chi connectivity index (χ0v) is 18.7. The second kappa shape index (κ2) is 6.81. The summed E-state index contributed by atoms with van der Waals surface area (Å²) >= 11 is 14.0. The molecule has 2 unspecified atom stereocenters. The summed E-state index contributed by atoms with van der Waals surface area (Å²) in [5.74, 6) is 2.48. The first-order valence-corrected chi connectivity index (χ1v) is 12.0. The molecule has 2 aromatic heterocycles. The third-order valence-corrected chi connectivity index (χ3v) is 9.24. The number of fused-ring (bicyclic) bond motifs is 2. The van der Waals surface area contributed by atoms with E-state index in [0.29, 0.717) is 21.5 Å². The molecule has 1 aromatic carbocycles. The molecule has 1 spiro atoms. The average Bonchev–Trinajstić information content (AvgIpc) is 3.11. The molecule has 2 aliphatic carbocycles. The molecule has 30 heavy (non-hydrogen) atoms. The Morgan fingerprint density at radius 2 is 2.07 bits per heavy atom. The minimum absolute atomic E-state index is 0.117. The monoisotopic (exact) mass is 463 g/mol. The number of aliphatic hydroxyl groups is 1. The highest BCUT2D eigenvalue weighted by Crippen LogP contribution is 2.62. The Morgan fingerprint density at radius 3 is 2.77 bits per heavy atom. The maximum atomic E-state index is 10.1. The van der Waals surface area contributed by atoms with Crippen molar-refractivity contribution in [1.29, 1.82) is 0 Å². The van der Waals surface area contributed by atoms with Crippen LogP contribution < -0.4 is 10.6 Å². The van der Waals surface area contributed by atoms with Gasteiger partial charge in [-0.05, 0) is 49.0 Å². The summed E-state index contributed by atoms with van der Waals surface area (Å²) in [4.78, 5) is 7.88. The van der Waals surface area contributed by atoms with Gasteiger partial charge in [-0.1, -0.05) is 46.7 Å². The molecule has 158 valence electrons. The molecule has 3 fully saturated rings. The van der Waals surface area contributed by atoms with Gasteiger partial charge in [0.1, 0.15) is 10.7 Å². The molecule has 0 amide bonds. The van der Waals surface area contributed by atoms with Crippen molar-refractivity contribution in [2.75, 3.05) is 18.0 Å². The summed E-state index contributed by atoms with van der Waals surface area (Å²) in [6.07, 6.45) is 4.84. The summed E-state index contributed by atoms with van der Waals surface area (Å²) in [6.45, 7) is 1.74. The minimum atomic E-state index is -0.117. The molecule has 3 aromatic rings. The lowest BCUT2D eigenvalue weighted by Gasteiger charge is -2.43. The predicted molar refractivity (Wildman–Crippen MR) is 120 cm³/mol. The number of imidazole rings is 1. The van der Waals surface area contributed by atoms with E-state index in [1.54, 1.807) is 10.6 Å². The molecule has 9 heteroatoms. The van der Waals surface area contributed by atoms with E-state index in [4.69, 9.17) is 39.0 Å². The minimum Gasteiger partial charge on any atom is -0.390 e. The number of nitrogens with two attached hydrogens (primary N) is 1. The van der Waals surface area contributed by atoms with E-state index in [-0.39, 0.29) is 6.61 Å². The second-order valence-corrected chi connectivity index (χ2v) is 10.7. The number of hydrogen-bond acceptors (Lipinski definition) is 6. The van der Waals surface area contributed by atoms with Gasteiger partial charge < -0.3 is 15.7 Å². The molecular weight excluding hydrogens is 441 g/mol. The number of aliphatic hydroxyl groups excluding tert-OH is 1. The molecule has 3 aliphatic rings. The number of hydrogen-bond donors (Lipinski definition) is 2. The molecule has 0 radical (unpaired) electrons. The third kappa shape index (κ3) is 2.76. The number of anilines is 1. The Bertz CT molecular complexity index is 1140. The predicted octanol–water partition coefficient (Wildman–Crippen LogP) is 4.21. The molecule has 1 aliphatic heterocycles. The van der Waals surface area contributed by atoms with Gasteiger partial charge in [-0.2, -0.15) is 10.1 Å². The fraction of sp³-hybridized carbons (Fsp3) is 0.524. The molecule has 3 heterocycles. The topological polar surface area (TPSA) is 79.7 Å². The fourth-order valence-corrected chi connectivity index (χ4v) is 7.10. The van der Waals surface area contributed by atoms with Crippen molar-refractivity contribution >= 4 is 45.3 Å². The molecular formula is C21H23Cl2N5OS. The van der Waals surface area contributed by atoms with E-state index >= 15 is 0 Å². The fourth-order valence-electron chi connectivity index (χ4n) is 5.71. The number of piperidine rings is 1. The van der Waals surface area contributed by atoms with Crippen molar-refractivity contribution in [2.24, 2.45) is 23.0 Å². The second-order valence-electron chi connectivity index (χ2n) is 8.98. The number of nitrogens with zero attached hydrogens (tertiary/aromatic N) is 4. The SMILES string of the molecule is N[C@@H]1C2CC2CC12CCN(c1nc3sc(-c4cccc(Cl)c4Cl)nn3c1CO)CC2. The Balaban J connectivity index is 1.29. The van der Waals surface area contributed by atoms with Gasteiger partial charge in [0, 0.05) is 24.7 Å². The average molecular weight is 464 g/mol. The van der Waals surface area contributed by atoms with Crippen molar-refractivity contribution in [2.45, 2.75) is 38.3 Å². The maximum Gasteiger partial charge on any atom is 0.214 e. The lowest BCUT2D eigenvalue weighted by atomic mass is 9.72. The van der Waals surface area contributed by atoms with Crippen LogP contribution in [0.4, 0.5) is 5.82 Å². The van der Waals surface area contributed by atoms with Crippen molar-refractivity contribution in [3.8, 4) is 10.6 Å². The number of rotatable bonds is 3. The van der Waals surface area contributed by atoms with Gasteiger partial charge in [-0.15, -0.1) is 0 Å². The first-order chi connectivity index (χ1) is 14.5. The van der Waals surface area contributed by atoms with E-state index in [9.17, 15) is 5.11 Å². The van der Waals surface area contributed by atoms with E-state index in [1.165, 1.54) is 24.2 Å². The molecule has 3 atom stereocenters. The van der Waals surface area contributed by atoms with E-state index < -0.39 is 0 Å². The zero-order chi connectivity index (χ0) is 20.6. The quantitative estimate of drug-likeness (QED) is 0.607. The van der Waals surface area contributed by atoms with Crippen LogP contribution in [0.3, 0.4) is 0 Å². The molecule has 1 saturated heterocycles. The van der Waals surface area contributed by atoms with Crippen LogP contribution in [0.2, 0.25) is 10.0 Å². The lowest BCUT2D eigenvalue weighted by molar-refractivity contribution is 0.171. The summed E-state index contributed by atoms with van der Waals surface area (Å²) in [6, 6.07) is 5.87.